The Labute approximate surface area is 167 Å². The molecule has 6 heteroatoms. The zero-order chi connectivity index (χ0) is 20.1. The average Bonchev–Trinajstić information content (AvgIpc) is 3.23. The molecule has 0 radical (unpaired) electrons. The summed E-state index contributed by atoms with van der Waals surface area (Å²) >= 11 is 0. The third-order valence-corrected chi connectivity index (χ3v) is 6.11. The van der Waals surface area contributed by atoms with Crippen molar-refractivity contribution >= 4 is 11.8 Å². The minimum Gasteiger partial charge on any atom is -0.459 e. The van der Waals surface area contributed by atoms with Crippen molar-refractivity contribution in [1.29, 1.82) is 0 Å². The van der Waals surface area contributed by atoms with Gasteiger partial charge in [0.05, 0.1) is 19.5 Å². The second-order valence-corrected chi connectivity index (χ2v) is 8.30. The van der Waals surface area contributed by atoms with Gasteiger partial charge in [0.25, 0.3) is 5.91 Å². The van der Waals surface area contributed by atoms with E-state index in [4.69, 9.17) is 9.15 Å². The fourth-order valence-corrected chi connectivity index (χ4v) is 4.37. The van der Waals surface area contributed by atoms with Crippen LogP contribution in [0.25, 0.3) is 0 Å². The minimum atomic E-state index is -0.178. The molecule has 0 aromatic carbocycles. The van der Waals surface area contributed by atoms with Crippen LogP contribution in [0.1, 0.15) is 44.2 Å². The molecule has 3 atom stereocenters. The zero-order valence-corrected chi connectivity index (χ0v) is 17.1. The summed E-state index contributed by atoms with van der Waals surface area (Å²) in [6.07, 6.45) is 5.33. The summed E-state index contributed by atoms with van der Waals surface area (Å²) in [6, 6.07) is 3.39. The van der Waals surface area contributed by atoms with E-state index in [9.17, 15) is 9.59 Å². The Morgan fingerprint density at radius 1 is 1.29 bits per heavy atom. The molecule has 1 aromatic rings. The van der Waals surface area contributed by atoms with Gasteiger partial charge in [0, 0.05) is 26.1 Å². The van der Waals surface area contributed by atoms with Crippen molar-refractivity contribution in [3.05, 3.63) is 35.8 Å². The molecule has 2 aliphatic rings. The van der Waals surface area contributed by atoms with Crippen molar-refractivity contribution in [1.82, 2.24) is 10.2 Å². The van der Waals surface area contributed by atoms with Crippen LogP contribution in [0.2, 0.25) is 0 Å². The molecule has 154 valence electrons. The number of hydrogen-bond donors (Lipinski definition) is 1. The van der Waals surface area contributed by atoms with Gasteiger partial charge in [0.2, 0.25) is 5.91 Å². The van der Waals surface area contributed by atoms with Crippen LogP contribution in [0.15, 0.2) is 34.5 Å². The Morgan fingerprint density at radius 2 is 2.04 bits per heavy atom. The number of allylic oxidation sites excluding steroid dienone is 1. The number of furan rings is 1. The Hall–Kier alpha value is -2.08. The quantitative estimate of drug-likeness (QED) is 0.760. The maximum absolute atomic E-state index is 12.7. The number of carbonyl (C=O) groups is 2. The summed E-state index contributed by atoms with van der Waals surface area (Å²) in [7, 11) is 0. The van der Waals surface area contributed by atoms with Crippen molar-refractivity contribution < 1.29 is 18.7 Å². The number of rotatable bonds is 6. The third-order valence-electron chi connectivity index (χ3n) is 6.11. The van der Waals surface area contributed by atoms with Gasteiger partial charge in [0.15, 0.2) is 5.76 Å². The number of nitrogens with one attached hydrogen (secondary N) is 1. The van der Waals surface area contributed by atoms with Crippen molar-refractivity contribution in [2.24, 2.45) is 23.7 Å². The first-order chi connectivity index (χ1) is 13.5. The van der Waals surface area contributed by atoms with E-state index in [1.165, 1.54) is 11.8 Å². The molecular weight excluding hydrogens is 356 g/mol. The molecule has 1 aliphatic carbocycles. The van der Waals surface area contributed by atoms with Crippen LogP contribution < -0.4 is 5.32 Å². The standard InChI is InChI=1S/C22H32N2O4/c1-15(2)19-12-17(13-21(25)24-6-9-27-10-7-24)16(3)11-18(19)14-23-22(26)20-5-4-8-28-20/h4-5,8,11,15,17-19H,6-7,9-10,12-14H2,1-3H3,(H,23,26). The lowest BCUT2D eigenvalue weighted by atomic mass is 9.69. The second kappa shape index (κ2) is 9.41. The van der Waals surface area contributed by atoms with E-state index in [0.717, 1.165) is 6.42 Å². The molecule has 3 rings (SSSR count). The van der Waals surface area contributed by atoms with E-state index >= 15 is 0 Å². The average molecular weight is 389 g/mol. The van der Waals surface area contributed by atoms with E-state index in [2.05, 4.69) is 32.2 Å². The molecule has 1 aromatic heterocycles. The van der Waals surface area contributed by atoms with Crippen molar-refractivity contribution in [2.45, 2.75) is 33.6 Å². The zero-order valence-electron chi connectivity index (χ0n) is 17.1. The maximum atomic E-state index is 12.7. The van der Waals surface area contributed by atoms with E-state index in [0.29, 0.717) is 56.9 Å². The van der Waals surface area contributed by atoms with Gasteiger partial charge in [-0.05, 0) is 49.1 Å². The number of amides is 2. The maximum Gasteiger partial charge on any atom is 0.286 e. The monoisotopic (exact) mass is 388 g/mol. The van der Waals surface area contributed by atoms with Gasteiger partial charge in [0.1, 0.15) is 0 Å². The molecule has 0 saturated carbocycles. The molecule has 1 N–H and O–H groups in total. The van der Waals surface area contributed by atoms with Crippen LogP contribution in [-0.4, -0.2) is 49.6 Å². The molecule has 0 bridgehead atoms. The van der Waals surface area contributed by atoms with Crippen LogP contribution in [-0.2, 0) is 9.53 Å². The molecule has 1 fully saturated rings. The predicted octanol–water partition coefficient (Wildman–Crippen LogP) is 3.11. The molecule has 1 saturated heterocycles. The lowest BCUT2D eigenvalue weighted by molar-refractivity contribution is -0.136. The lowest BCUT2D eigenvalue weighted by Crippen LogP contribution is -2.42. The van der Waals surface area contributed by atoms with Crippen LogP contribution >= 0.6 is 0 Å². The Kier molecular flexibility index (Phi) is 6.94. The number of morpholine rings is 1. The lowest BCUT2D eigenvalue weighted by Gasteiger charge is -2.38. The summed E-state index contributed by atoms with van der Waals surface area (Å²) < 4.78 is 10.5. The summed E-state index contributed by atoms with van der Waals surface area (Å²) in [5.74, 6) is 1.86. The summed E-state index contributed by atoms with van der Waals surface area (Å²) in [5.41, 5.74) is 1.26. The highest BCUT2D eigenvalue weighted by Crippen LogP contribution is 2.39. The molecule has 2 amide bonds. The largest absolute Gasteiger partial charge is 0.459 e. The molecule has 28 heavy (non-hydrogen) atoms. The first kappa shape index (κ1) is 20.6. The van der Waals surface area contributed by atoms with Crippen molar-refractivity contribution in [3.8, 4) is 0 Å². The normalized spacial score (nSPS) is 25.5. The first-order valence-corrected chi connectivity index (χ1v) is 10.3. The molecular formula is C22H32N2O4. The fourth-order valence-electron chi connectivity index (χ4n) is 4.37. The first-order valence-electron chi connectivity index (χ1n) is 10.3. The third kappa shape index (κ3) is 5.04. The number of carbonyl (C=O) groups excluding carboxylic acids is 2. The highest BCUT2D eigenvalue weighted by molar-refractivity contribution is 5.91. The fraction of sp³-hybridized carbons (Fsp3) is 0.636. The number of ether oxygens (including phenoxy) is 1. The predicted molar refractivity (Wildman–Crippen MR) is 107 cm³/mol. The van der Waals surface area contributed by atoms with Crippen molar-refractivity contribution in [2.75, 3.05) is 32.8 Å². The summed E-state index contributed by atoms with van der Waals surface area (Å²) in [4.78, 5) is 26.8. The van der Waals surface area contributed by atoms with Gasteiger partial charge < -0.3 is 19.4 Å². The Morgan fingerprint density at radius 3 is 2.68 bits per heavy atom. The van der Waals surface area contributed by atoms with E-state index < -0.39 is 0 Å². The number of nitrogens with zero attached hydrogens (tertiary/aromatic N) is 1. The molecule has 3 unspecified atom stereocenters. The van der Waals surface area contributed by atoms with Crippen LogP contribution in [0.3, 0.4) is 0 Å². The molecule has 1 aliphatic heterocycles. The summed E-state index contributed by atoms with van der Waals surface area (Å²) in [6.45, 7) is 9.82. The minimum absolute atomic E-state index is 0.178. The van der Waals surface area contributed by atoms with Crippen LogP contribution in [0, 0.1) is 23.7 Å². The van der Waals surface area contributed by atoms with Gasteiger partial charge in [-0.3, -0.25) is 9.59 Å². The van der Waals surface area contributed by atoms with Crippen molar-refractivity contribution in [3.63, 3.8) is 0 Å². The van der Waals surface area contributed by atoms with Gasteiger partial charge in [-0.1, -0.05) is 25.5 Å². The smallest absolute Gasteiger partial charge is 0.286 e. The summed E-state index contributed by atoms with van der Waals surface area (Å²) in [5, 5.41) is 3.00. The van der Waals surface area contributed by atoms with Crippen LogP contribution in [0.5, 0.6) is 0 Å². The molecule has 2 heterocycles. The van der Waals surface area contributed by atoms with Gasteiger partial charge in [-0.25, -0.2) is 0 Å². The van der Waals surface area contributed by atoms with E-state index in [1.807, 2.05) is 4.90 Å². The number of hydrogen-bond acceptors (Lipinski definition) is 4. The van der Waals surface area contributed by atoms with Gasteiger partial charge in [-0.2, -0.15) is 0 Å². The molecule has 6 nitrogen and oxygen atoms in total. The van der Waals surface area contributed by atoms with Gasteiger partial charge in [-0.15, -0.1) is 0 Å². The highest BCUT2D eigenvalue weighted by atomic mass is 16.5. The van der Waals surface area contributed by atoms with Crippen LogP contribution in [0.4, 0.5) is 0 Å². The van der Waals surface area contributed by atoms with E-state index in [-0.39, 0.29) is 23.7 Å². The topological polar surface area (TPSA) is 71.8 Å². The van der Waals surface area contributed by atoms with Gasteiger partial charge >= 0.3 is 0 Å². The SMILES string of the molecule is CC1=CC(CNC(=O)c2ccco2)C(C(C)C)CC1CC(=O)N1CCOCC1. The van der Waals surface area contributed by atoms with E-state index in [1.54, 1.807) is 12.1 Å². The highest BCUT2D eigenvalue weighted by Gasteiger charge is 2.33. The molecule has 0 spiro atoms. The Bertz CT molecular complexity index is 689. The second-order valence-electron chi connectivity index (χ2n) is 8.30. The Balaban J connectivity index is 1.62.